The standard InChI is InChI=1S/C16H12BrNO2/c17-13-5-3-11(4-6-13)15(19)12-2-1-10-7-8-18-16(20)14(10)9-12/h1-6,9H,7-8H2,(H,18,20). The average molecular weight is 330 g/mol. The Hall–Kier alpha value is -1.94. The maximum Gasteiger partial charge on any atom is 0.251 e. The number of carbonyl (C=O) groups excluding carboxylic acids is 2. The third-order valence-electron chi connectivity index (χ3n) is 3.40. The molecule has 0 unspecified atom stereocenters. The van der Waals surface area contributed by atoms with Crippen LogP contribution in [0, 0.1) is 0 Å². The smallest absolute Gasteiger partial charge is 0.251 e. The predicted octanol–water partition coefficient (Wildman–Crippen LogP) is 2.97. The largest absolute Gasteiger partial charge is 0.352 e. The topological polar surface area (TPSA) is 46.2 Å². The fourth-order valence-electron chi connectivity index (χ4n) is 2.32. The number of carbonyl (C=O) groups is 2. The van der Waals surface area contributed by atoms with E-state index in [1.54, 1.807) is 24.3 Å². The molecule has 0 saturated heterocycles. The molecule has 3 nitrogen and oxygen atoms in total. The summed E-state index contributed by atoms with van der Waals surface area (Å²) in [5.41, 5.74) is 2.77. The lowest BCUT2D eigenvalue weighted by Gasteiger charge is -2.16. The molecule has 0 atom stereocenters. The van der Waals surface area contributed by atoms with E-state index in [0.717, 1.165) is 16.5 Å². The van der Waals surface area contributed by atoms with E-state index in [0.29, 0.717) is 23.2 Å². The van der Waals surface area contributed by atoms with Gasteiger partial charge in [-0.05, 0) is 42.3 Å². The lowest BCUT2D eigenvalue weighted by Crippen LogP contribution is -2.32. The Morgan fingerprint density at radius 1 is 1.05 bits per heavy atom. The van der Waals surface area contributed by atoms with Gasteiger partial charge in [-0.2, -0.15) is 0 Å². The van der Waals surface area contributed by atoms with Crippen LogP contribution in [0.4, 0.5) is 0 Å². The Bertz CT molecular complexity index is 692. The summed E-state index contributed by atoms with van der Waals surface area (Å²) in [6, 6.07) is 12.6. The fraction of sp³-hybridized carbons (Fsp3) is 0.125. The first-order valence-corrected chi connectivity index (χ1v) is 7.16. The number of hydrogen-bond donors (Lipinski definition) is 1. The zero-order valence-corrected chi connectivity index (χ0v) is 12.2. The summed E-state index contributed by atoms with van der Waals surface area (Å²) in [6.45, 7) is 0.659. The molecule has 20 heavy (non-hydrogen) atoms. The van der Waals surface area contributed by atoms with E-state index < -0.39 is 0 Å². The molecule has 4 heteroatoms. The summed E-state index contributed by atoms with van der Waals surface area (Å²) in [7, 11) is 0. The van der Waals surface area contributed by atoms with Gasteiger partial charge in [0.05, 0.1) is 0 Å². The van der Waals surface area contributed by atoms with Crippen LogP contribution in [0.3, 0.4) is 0 Å². The zero-order valence-electron chi connectivity index (χ0n) is 10.7. The molecule has 0 aliphatic carbocycles. The highest BCUT2D eigenvalue weighted by Gasteiger charge is 2.19. The summed E-state index contributed by atoms with van der Waals surface area (Å²) < 4.78 is 0.930. The van der Waals surface area contributed by atoms with Crippen molar-refractivity contribution in [3.05, 3.63) is 69.2 Å². The lowest BCUT2D eigenvalue weighted by atomic mass is 9.94. The van der Waals surface area contributed by atoms with Crippen LogP contribution in [-0.4, -0.2) is 18.2 Å². The van der Waals surface area contributed by atoms with Gasteiger partial charge in [-0.3, -0.25) is 9.59 Å². The summed E-state index contributed by atoms with van der Waals surface area (Å²) in [5.74, 6) is -0.171. The van der Waals surface area contributed by atoms with Crippen molar-refractivity contribution in [2.75, 3.05) is 6.54 Å². The van der Waals surface area contributed by atoms with Crippen molar-refractivity contribution in [3.63, 3.8) is 0 Å². The first kappa shape index (κ1) is 13.1. The first-order valence-electron chi connectivity index (χ1n) is 6.36. The second-order valence-electron chi connectivity index (χ2n) is 4.71. The van der Waals surface area contributed by atoms with Gasteiger partial charge in [0.2, 0.25) is 0 Å². The Morgan fingerprint density at radius 3 is 2.50 bits per heavy atom. The fourth-order valence-corrected chi connectivity index (χ4v) is 2.59. The summed E-state index contributed by atoms with van der Waals surface area (Å²) in [6.07, 6.45) is 0.813. The highest BCUT2D eigenvalue weighted by Crippen LogP contribution is 2.19. The van der Waals surface area contributed by atoms with Gasteiger partial charge < -0.3 is 5.32 Å². The molecule has 1 aliphatic heterocycles. The van der Waals surface area contributed by atoms with Crippen molar-refractivity contribution in [1.29, 1.82) is 0 Å². The van der Waals surface area contributed by atoms with Crippen LogP contribution in [0.25, 0.3) is 0 Å². The monoisotopic (exact) mass is 329 g/mol. The van der Waals surface area contributed by atoms with E-state index in [-0.39, 0.29) is 11.7 Å². The number of ketones is 1. The molecule has 0 bridgehead atoms. The SMILES string of the molecule is O=C(c1ccc(Br)cc1)c1ccc2c(c1)C(=O)NCC2. The molecule has 1 heterocycles. The first-order chi connectivity index (χ1) is 9.65. The van der Waals surface area contributed by atoms with Gasteiger partial charge in [0.15, 0.2) is 5.78 Å². The third-order valence-corrected chi connectivity index (χ3v) is 3.93. The minimum absolute atomic E-state index is 0.0707. The van der Waals surface area contributed by atoms with Crippen LogP contribution in [0.15, 0.2) is 46.9 Å². The van der Waals surface area contributed by atoms with E-state index in [9.17, 15) is 9.59 Å². The van der Waals surface area contributed by atoms with Crippen LogP contribution in [0.5, 0.6) is 0 Å². The van der Waals surface area contributed by atoms with Crippen LogP contribution in [-0.2, 0) is 6.42 Å². The maximum atomic E-state index is 12.4. The quantitative estimate of drug-likeness (QED) is 0.861. The zero-order chi connectivity index (χ0) is 14.1. The molecule has 1 N–H and O–H groups in total. The molecule has 0 saturated carbocycles. The van der Waals surface area contributed by atoms with Gasteiger partial charge in [0.1, 0.15) is 0 Å². The molecule has 1 amide bonds. The highest BCUT2D eigenvalue weighted by molar-refractivity contribution is 9.10. The van der Waals surface area contributed by atoms with Crippen molar-refractivity contribution in [1.82, 2.24) is 5.32 Å². The molecule has 3 rings (SSSR count). The number of rotatable bonds is 2. The Morgan fingerprint density at radius 2 is 1.75 bits per heavy atom. The summed E-state index contributed by atoms with van der Waals surface area (Å²) >= 11 is 3.34. The Kier molecular flexibility index (Phi) is 3.40. The number of hydrogen-bond acceptors (Lipinski definition) is 2. The van der Waals surface area contributed by atoms with E-state index in [4.69, 9.17) is 0 Å². The van der Waals surface area contributed by atoms with Crippen LogP contribution in [0.1, 0.15) is 31.8 Å². The van der Waals surface area contributed by atoms with Crippen molar-refractivity contribution in [2.45, 2.75) is 6.42 Å². The summed E-state index contributed by atoms with van der Waals surface area (Å²) in [5, 5.41) is 2.80. The molecule has 0 aromatic heterocycles. The van der Waals surface area contributed by atoms with Crippen molar-refractivity contribution in [3.8, 4) is 0 Å². The molecule has 0 fully saturated rings. The molecule has 100 valence electrons. The second kappa shape index (κ2) is 5.21. The van der Waals surface area contributed by atoms with E-state index >= 15 is 0 Å². The van der Waals surface area contributed by atoms with Crippen molar-refractivity contribution in [2.24, 2.45) is 0 Å². The molecular formula is C16H12BrNO2. The van der Waals surface area contributed by atoms with Gasteiger partial charge >= 0.3 is 0 Å². The minimum atomic E-state index is -0.100. The number of amides is 1. The Balaban J connectivity index is 1.98. The van der Waals surface area contributed by atoms with Crippen LogP contribution in [0.2, 0.25) is 0 Å². The predicted molar refractivity (Wildman–Crippen MR) is 80.1 cm³/mol. The molecule has 2 aromatic carbocycles. The molecule has 0 radical (unpaired) electrons. The maximum absolute atomic E-state index is 12.4. The van der Waals surface area contributed by atoms with Crippen molar-refractivity contribution < 1.29 is 9.59 Å². The summed E-state index contributed by atoms with van der Waals surface area (Å²) in [4.78, 5) is 24.2. The van der Waals surface area contributed by atoms with Crippen LogP contribution >= 0.6 is 15.9 Å². The Labute approximate surface area is 125 Å². The van der Waals surface area contributed by atoms with Gasteiger partial charge in [-0.1, -0.05) is 28.1 Å². The number of benzene rings is 2. The third kappa shape index (κ3) is 2.39. The number of fused-ring (bicyclic) bond motifs is 1. The highest BCUT2D eigenvalue weighted by atomic mass is 79.9. The van der Waals surface area contributed by atoms with Crippen LogP contribution < -0.4 is 5.32 Å². The molecule has 2 aromatic rings. The lowest BCUT2D eigenvalue weighted by molar-refractivity contribution is 0.0946. The second-order valence-corrected chi connectivity index (χ2v) is 5.63. The van der Waals surface area contributed by atoms with E-state index in [1.807, 2.05) is 18.2 Å². The normalized spacial score (nSPS) is 13.6. The van der Waals surface area contributed by atoms with E-state index in [2.05, 4.69) is 21.2 Å². The molecular weight excluding hydrogens is 318 g/mol. The molecule has 0 spiro atoms. The molecule has 1 aliphatic rings. The van der Waals surface area contributed by atoms with Gasteiger partial charge in [0, 0.05) is 27.7 Å². The van der Waals surface area contributed by atoms with Gasteiger partial charge in [0.25, 0.3) is 5.91 Å². The average Bonchev–Trinajstić information content (AvgIpc) is 2.47. The number of halogens is 1. The van der Waals surface area contributed by atoms with E-state index in [1.165, 1.54) is 0 Å². The minimum Gasteiger partial charge on any atom is -0.352 e. The van der Waals surface area contributed by atoms with Gasteiger partial charge in [-0.25, -0.2) is 0 Å². The van der Waals surface area contributed by atoms with Crippen molar-refractivity contribution >= 4 is 27.6 Å². The van der Waals surface area contributed by atoms with Gasteiger partial charge in [-0.15, -0.1) is 0 Å². The number of nitrogens with one attached hydrogen (secondary N) is 1.